The van der Waals surface area contributed by atoms with Crippen molar-refractivity contribution in [2.45, 2.75) is 19.4 Å². The number of nitrogens with zero attached hydrogens (tertiary/aromatic N) is 1. The molecule has 0 aromatic carbocycles. The second-order valence-corrected chi connectivity index (χ2v) is 3.79. The first-order chi connectivity index (χ1) is 7.63. The lowest BCUT2D eigenvalue weighted by molar-refractivity contribution is -0.127. The lowest BCUT2D eigenvalue weighted by Gasteiger charge is -2.29. The minimum absolute atomic E-state index is 0.156. The Morgan fingerprint density at radius 3 is 2.56 bits per heavy atom. The summed E-state index contributed by atoms with van der Waals surface area (Å²) in [5.41, 5.74) is 5.25. The molecule has 0 bridgehead atoms. The molecule has 0 aromatic heterocycles. The molecule has 1 unspecified atom stereocenters. The zero-order valence-electron chi connectivity index (χ0n) is 9.57. The summed E-state index contributed by atoms with van der Waals surface area (Å²) in [6, 6.07) is -0.606. The molecule has 1 fully saturated rings. The number of carbonyl (C=O) groups excluding carboxylic acids is 2. The predicted molar refractivity (Wildman–Crippen MR) is 58.7 cm³/mol. The summed E-state index contributed by atoms with van der Waals surface area (Å²) in [5.74, 6) is -0.648. The number of carbonyl (C=O) groups is 2. The maximum atomic E-state index is 11.2. The standard InChI is InChI=1S/C10H19N3O3/c1-2-9(14)12-8(10(11)15)7-13-3-5-16-6-4-13/h8H,2-7H2,1H3,(H2,11,15)(H,12,14). The topological polar surface area (TPSA) is 84.7 Å². The fourth-order valence-electron chi connectivity index (χ4n) is 1.55. The van der Waals surface area contributed by atoms with E-state index in [4.69, 9.17) is 10.5 Å². The molecule has 3 N–H and O–H groups in total. The smallest absolute Gasteiger partial charge is 0.241 e. The van der Waals surface area contributed by atoms with Gasteiger partial charge in [0.15, 0.2) is 0 Å². The van der Waals surface area contributed by atoms with Crippen LogP contribution in [-0.4, -0.2) is 55.6 Å². The molecular weight excluding hydrogens is 210 g/mol. The van der Waals surface area contributed by atoms with Crippen molar-refractivity contribution in [3.05, 3.63) is 0 Å². The SMILES string of the molecule is CCC(=O)NC(CN1CCOCC1)C(N)=O. The fraction of sp³-hybridized carbons (Fsp3) is 0.800. The van der Waals surface area contributed by atoms with Crippen molar-refractivity contribution in [3.63, 3.8) is 0 Å². The number of hydrogen-bond acceptors (Lipinski definition) is 4. The van der Waals surface area contributed by atoms with Gasteiger partial charge in [-0.3, -0.25) is 14.5 Å². The minimum atomic E-state index is -0.606. The highest BCUT2D eigenvalue weighted by atomic mass is 16.5. The van der Waals surface area contributed by atoms with Crippen LogP contribution >= 0.6 is 0 Å². The van der Waals surface area contributed by atoms with Crippen molar-refractivity contribution in [1.29, 1.82) is 0 Å². The molecule has 2 amide bonds. The van der Waals surface area contributed by atoms with Gasteiger partial charge in [-0.25, -0.2) is 0 Å². The van der Waals surface area contributed by atoms with Gasteiger partial charge in [-0.2, -0.15) is 0 Å². The Balaban J connectivity index is 2.43. The summed E-state index contributed by atoms with van der Waals surface area (Å²) in [4.78, 5) is 24.4. The van der Waals surface area contributed by atoms with Crippen molar-refractivity contribution in [2.24, 2.45) is 5.73 Å². The molecule has 1 saturated heterocycles. The van der Waals surface area contributed by atoms with Crippen LogP contribution in [0.5, 0.6) is 0 Å². The van der Waals surface area contributed by atoms with Crippen LogP contribution in [0.4, 0.5) is 0 Å². The normalized spacial score (nSPS) is 19.1. The molecule has 92 valence electrons. The van der Waals surface area contributed by atoms with Gasteiger partial charge in [0.1, 0.15) is 6.04 Å². The third-order valence-electron chi connectivity index (χ3n) is 2.54. The molecule has 0 saturated carbocycles. The van der Waals surface area contributed by atoms with E-state index in [0.717, 1.165) is 13.1 Å². The second-order valence-electron chi connectivity index (χ2n) is 3.79. The molecule has 1 rings (SSSR count). The maximum absolute atomic E-state index is 11.2. The van der Waals surface area contributed by atoms with Crippen molar-refractivity contribution in [3.8, 4) is 0 Å². The van der Waals surface area contributed by atoms with E-state index in [9.17, 15) is 9.59 Å². The Morgan fingerprint density at radius 2 is 2.06 bits per heavy atom. The summed E-state index contributed by atoms with van der Waals surface area (Å²) in [6.07, 6.45) is 0.354. The highest BCUT2D eigenvalue weighted by Crippen LogP contribution is 1.99. The Bertz CT molecular complexity index is 252. The summed E-state index contributed by atoms with van der Waals surface area (Å²) >= 11 is 0. The van der Waals surface area contributed by atoms with Crippen molar-refractivity contribution < 1.29 is 14.3 Å². The van der Waals surface area contributed by atoms with Crippen LogP contribution in [0.15, 0.2) is 0 Å². The highest BCUT2D eigenvalue weighted by Gasteiger charge is 2.21. The second kappa shape index (κ2) is 6.44. The van der Waals surface area contributed by atoms with Crippen LogP contribution in [0.25, 0.3) is 0 Å². The number of nitrogens with one attached hydrogen (secondary N) is 1. The summed E-state index contributed by atoms with van der Waals surface area (Å²) in [5, 5.41) is 2.62. The number of amides is 2. The molecule has 1 aliphatic rings. The van der Waals surface area contributed by atoms with Gasteiger partial charge in [-0.05, 0) is 0 Å². The number of ether oxygens (including phenoxy) is 1. The van der Waals surface area contributed by atoms with E-state index in [2.05, 4.69) is 10.2 Å². The van der Waals surface area contributed by atoms with E-state index in [-0.39, 0.29) is 5.91 Å². The molecule has 0 aliphatic carbocycles. The van der Waals surface area contributed by atoms with E-state index < -0.39 is 11.9 Å². The van der Waals surface area contributed by atoms with Gasteiger partial charge in [0.05, 0.1) is 13.2 Å². The largest absolute Gasteiger partial charge is 0.379 e. The Hall–Kier alpha value is -1.14. The lowest BCUT2D eigenvalue weighted by Crippen LogP contribution is -2.52. The van der Waals surface area contributed by atoms with E-state index in [0.29, 0.717) is 26.2 Å². The van der Waals surface area contributed by atoms with Crippen LogP contribution < -0.4 is 11.1 Å². The molecule has 6 nitrogen and oxygen atoms in total. The Morgan fingerprint density at radius 1 is 1.44 bits per heavy atom. The summed E-state index contributed by atoms with van der Waals surface area (Å²) in [6.45, 7) is 5.06. The van der Waals surface area contributed by atoms with Crippen LogP contribution in [0.1, 0.15) is 13.3 Å². The maximum Gasteiger partial charge on any atom is 0.241 e. The Kier molecular flexibility index (Phi) is 5.21. The van der Waals surface area contributed by atoms with Gasteiger partial charge in [0.25, 0.3) is 0 Å². The quantitative estimate of drug-likeness (QED) is 0.613. The predicted octanol–water partition coefficient (Wildman–Crippen LogP) is -1.30. The number of rotatable bonds is 5. The zero-order valence-corrected chi connectivity index (χ0v) is 9.57. The fourth-order valence-corrected chi connectivity index (χ4v) is 1.55. The van der Waals surface area contributed by atoms with Gasteiger partial charge >= 0.3 is 0 Å². The van der Waals surface area contributed by atoms with Crippen molar-refractivity contribution >= 4 is 11.8 Å². The van der Waals surface area contributed by atoms with Crippen LogP contribution in [0.2, 0.25) is 0 Å². The van der Waals surface area contributed by atoms with Crippen LogP contribution in [-0.2, 0) is 14.3 Å². The molecule has 1 heterocycles. The van der Waals surface area contributed by atoms with Gasteiger partial charge in [-0.1, -0.05) is 6.92 Å². The lowest BCUT2D eigenvalue weighted by atomic mass is 10.2. The summed E-state index contributed by atoms with van der Waals surface area (Å²) < 4.78 is 5.20. The minimum Gasteiger partial charge on any atom is -0.379 e. The molecule has 16 heavy (non-hydrogen) atoms. The molecule has 0 spiro atoms. The molecule has 0 aromatic rings. The van der Waals surface area contributed by atoms with Gasteiger partial charge < -0.3 is 15.8 Å². The number of nitrogens with two attached hydrogens (primary N) is 1. The van der Waals surface area contributed by atoms with E-state index in [1.54, 1.807) is 6.92 Å². The van der Waals surface area contributed by atoms with Gasteiger partial charge in [-0.15, -0.1) is 0 Å². The van der Waals surface area contributed by atoms with Crippen molar-refractivity contribution in [2.75, 3.05) is 32.8 Å². The third-order valence-corrected chi connectivity index (χ3v) is 2.54. The molecule has 0 radical (unpaired) electrons. The number of primary amides is 1. The van der Waals surface area contributed by atoms with Crippen molar-refractivity contribution in [1.82, 2.24) is 10.2 Å². The Labute approximate surface area is 95.1 Å². The van der Waals surface area contributed by atoms with Gasteiger partial charge in [0, 0.05) is 26.1 Å². The number of hydrogen-bond donors (Lipinski definition) is 2. The number of morpholine rings is 1. The first-order valence-electron chi connectivity index (χ1n) is 5.52. The molecule has 1 aliphatic heterocycles. The van der Waals surface area contributed by atoms with E-state index >= 15 is 0 Å². The molecule has 6 heteroatoms. The van der Waals surface area contributed by atoms with E-state index in [1.807, 2.05) is 0 Å². The first-order valence-corrected chi connectivity index (χ1v) is 5.52. The van der Waals surface area contributed by atoms with E-state index in [1.165, 1.54) is 0 Å². The van der Waals surface area contributed by atoms with Gasteiger partial charge in [0.2, 0.25) is 11.8 Å². The summed E-state index contributed by atoms with van der Waals surface area (Å²) in [7, 11) is 0. The third kappa shape index (κ3) is 4.16. The van der Waals surface area contributed by atoms with Crippen LogP contribution in [0.3, 0.4) is 0 Å². The monoisotopic (exact) mass is 229 g/mol. The highest BCUT2D eigenvalue weighted by molar-refractivity contribution is 5.86. The average molecular weight is 229 g/mol. The molecule has 1 atom stereocenters. The molecular formula is C10H19N3O3. The zero-order chi connectivity index (χ0) is 12.0. The first kappa shape index (κ1) is 12.9. The van der Waals surface area contributed by atoms with Crippen LogP contribution in [0, 0.1) is 0 Å². The average Bonchev–Trinajstić information content (AvgIpc) is 2.29.